The lowest BCUT2D eigenvalue weighted by atomic mass is 10.1. The maximum atomic E-state index is 13.9. The maximum absolute atomic E-state index is 13.9. The van der Waals surface area contributed by atoms with Crippen LogP contribution < -0.4 is 5.32 Å². The molecule has 0 bridgehead atoms. The van der Waals surface area contributed by atoms with Crippen LogP contribution >= 0.6 is 11.3 Å². The first-order chi connectivity index (χ1) is 10.7. The highest BCUT2D eigenvalue weighted by Gasteiger charge is 2.12. The van der Waals surface area contributed by atoms with Gasteiger partial charge in [-0.15, -0.1) is 11.3 Å². The molecule has 0 saturated carbocycles. The SMILES string of the molecule is Fc1ccc(-c2[nH]ncc2CNCCc2cscn2)c(F)c1. The van der Waals surface area contributed by atoms with Gasteiger partial charge in [0.1, 0.15) is 11.6 Å². The number of hydrogen-bond acceptors (Lipinski definition) is 4. The Balaban J connectivity index is 1.64. The van der Waals surface area contributed by atoms with E-state index in [-0.39, 0.29) is 0 Å². The van der Waals surface area contributed by atoms with E-state index in [4.69, 9.17) is 0 Å². The Morgan fingerprint density at radius 2 is 2.18 bits per heavy atom. The van der Waals surface area contributed by atoms with Crippen LogP contribution in [0.5, 0.6) is 0 Å². The number of aromatic amines is 1. The summed E-state index contributed by atoms with van der Waals surface area (Å²) in [6.07, 6.45) is 2.48. The summed E-state index contributed by atoms with van der Waals surface area (Å²) in [6, 6.07) is 3.52. The van der Waals surface area contributed by atoms with Gasteiger partial charge in [0.05, 0.1) is 23.1 Å². The van der Waals surface area contributed by atoms with E-state index in [0.717, 1.165) is 30.3 Å². The van der Waals surface area contributed by atoms with Gasteiger partial charge in [0.2, 0.25) is 0 Å². The van der Waals surface area contributed by atoms with Gasteiger partial charge in [-0.2, -0.15) is 5.10 Å². The Hall–Kier alpha value is -2.12. The van der Waals surface area contributed by atoms with Crippen molar-refractivity contribution < 1.29 is 8.78 Å². The van der Waals surface area contributed by atoms with Crippen molar-refractivity contribution in [2.45, 2.75) is 13.0 Å². The molecule has 114 valence electrons. The smallest absolute Gasteiger partial charge is 0.135 e. The summed E-state index contributed by atoms with van der Waals surface area (Å²) >= 11 is 1.57. The number of benzene rings is 1. The lowest BCUT2D eigenvalue weighted by Gasteiger charge is -2.06. The molecular formula is C15H14F2N4S. The summed E-state index contributed by atoms with van der Waals surface area (Å²) in [5, 5.41) is 12.0. The van der Waals surface area contributed by atoms with Gasteiger partial charge in [0.15, 0.2) is 0 Å². The van der Waals surface area contributed by atoms with Gasteiger partial charge in [0.25, 0.3) is 0 Å². The zero-order valence-corrected chi connectivity index (χ0v) is 12.5. The van der Waals surface area contributed by atoms with Crippen LogP contribution in [0, 0.1) is 11.6 Å². The van der Waals surface area contributed by atoms with Crippen molar-refractivity contribution in [2.75, 3.05) is 6.54 Å². The van der Waals surface area contributed by atoms with Crippen molar-refractivity contribution in [1.82, 2.24) is 20.5 Å². The fourth-order valence-electron chi connectivity index (χ4n) is 2.17. The largest absolute Gasteiger partial charge is 0.312 e. The van der Waals surface area contributed by atoms with Crippen molar-refractivity contribution in [3.8, 4) is 11.3 Å². The van der Waals surface area contributed by atoms with Gasteiger partial charge >= 0.3 is 0 Å². The Labute approximate surface area is 130 Å². The zero-order valence-electron chi connectivity index (χ0n) is 11.6. The Bertz CT molecular complexity index is 740. The summed E-state index contributed by atoms with van der Waals surface area (Å²) in [5.74, 6) is -1.20. The Kier molecular flexibility index (Phi) is 4.55. The van der Waals surface area contributed by atoms with E-state index in [0.29, 0.717) is 17.8 Å². The van der Waals surface area contributed by atoms with E-state index in [1.807, 2.05) is 5.38 Å². The number of halogens is 2. The molecule has 0 spiro atoms. The fourth-order valence-corrected chi connectivity index (χ4v) is 2.76. The first-order valence-corrected chi connectivity index (χ1v) is 7.74. The van der Waals surface area contributed by atoms with Crippen molar-refractivity contribution in [1.29, 1.82) is 0 Å². The molecule has 3 aromatic rings. The second-order valence-electron chi connectivity index (χ2n) is 4.80. The van der Waals surface area contributed by atoms with E-state index < -0.39 is 11.6 Å². The van der Waals surface area contributed by atoms with Crippen LogP contribution in [-0.2, 0) is 13.0 Å². The average molecular weight is 320 g/mol. The summed E-state index contributed by atoms with van der Waals surface area (Å²) in [5.41, 5.74) is 4.58. The summed E-state index contributed by atoms with van der Waals surface area (Å²) < 4.78 is 26.8. The monoisotopic (exact) mass is 320 g/mol. The third-order valence-corrected chi connectivity index (χ3v) is 3.91. The van der Waals surface area contributed by atoms with Crippen molar-refractivity contribution in [3.05, 3.63) is 58.2 Å². The Morgan fingerprint density at radius 1 is 1.27 bits per heavy atom. The van der Waals surface area contributed by atoms with Gasteiger partial charge in [-0.25, -0.2) is 13.8 Å². The molecule has 2 N–H and O–H groups in total. The maximum Gasteiger partial charge on any atom is 0.135 e. The van der Waals surface area contributed by atoms with E-state index in [2.05, 4.69) is 20.5 Å². The standard InChI is InChI=1S/C15H14F2N4S/c16-11-1-2-13(14(17)5-11)15-10(7-20-21-15)6-18-4-3-12-8-22-9-19-12/h1-2,5,7-9,18H,3-4,6H2,(H,20,21). The number of nitrogens with zero attached hydrogens (tertiary/aromatic N) is 2. The van der Waals surface area contributed by atoms with Crippen LogP contribution in [0.3, 0.4) is 0 Å². The summed E-state index contributed by atoms with van der Waals surface area (Å²) in [6.45, 7) is 1.31. The molecule has 3 rings (SSSR count). The highest BCUT2D eigenvalue weighted by Crippen LogP contribution is 2.24. The quantitative estimate of drug-likeness (QED) is 0.686. The highest BCUT2D eigenvalue weighted by molar-refractivity contribution is 7.07. The highest BCUT2D eigenvalue weighted by atomic mass is 32.1. The Morgan fingerprint density at radius 3 is 2.95 bits per heavy atom. The number of hydrogen-bond donors (Lipinski definition) is 2. The van der Waals surface area contributed by atoms with Gasteiger partial charge in [-0.05, 0) is 12.1 Å². The molecular weight excluding hydrogens is 306 g/mol. The summed E-state index contributed by atoms with van der Waals surface area (Å²) in [7, 11) is 0. The molecule has 0 unspecified atom stereocenters. The van der Waals surface area contributed by atoms with Gasteiger partial charge in [0, 0.05) is 42.1 Å². The van der Waals surface area contributed by atoms with E-state index >= 15 is 0 Å². The number of rotatable bonds is 6. The molecule has 2 heterocycles. The molecule has 0 radical (unpaired) electrons. The molecule has 7 heteroatoms. The first kappa shape index (κ1) is 14.8. The third kappa shape index (κ3) is 3.37. The zero-order chi connectivity index (χ0) is 15.4. The van der Waals surface area contributed by atoms with Crippen LogP contribution in [0.4, 0.5) is 8.78 Å². The molecule has 2 aromatic heterocycles. The molecule has 0 aliphatic rings. The minimum absolute atomic E-state index is 0.315. The number of thiazole rings is 1. The normalized spacial score (nSPS) is 11.0. The average Bonchev–Trinajstić information content (AvgIpc) is 3.15. The van der Waals surface area contributed by atoms with Gasteiger partial charge < -0.3 is 5.32 Å². The fraction of sp³-hybridized carbons (Fsp3) is 0.200. The minimum atomic E-state index is -0.604. The second kappa shape index (κ2) is 6.76. The molecule has 0 saturated heterocycles. The van der Waals surface area contributed by atoms with Crippen LogP contribution in [0.25, 0.3) is 11.3 Å². The van der Waals surface area contributed by atoms with Crippen molar-refractivity contribution in [3.63, 3.8) is 0 Å². The summed E-state index contributed by atoms with van der Waals surface area (Å²) in [4.78, 5) is 4.21. The molecule has 1 aromatic carbocycles. The molecule has 0 fully saturated rings. The predicted octanol–water partition coefficient (Wildman–Crippen LogP) is 3.14. The predicted molar refractivity (Wildman–Crippen MR) is 81.5 cm³/mol. The third-order valence-electron chi connectivity index (χ3n) is 3.28. The van der Waals surface area contributed by atoms with Crippen molar-refractivity contribution in [2.24, 2.45) is 0 Å². The van der Waals surface area contributed by atoms with Gasteiger partial charge in [-0.1, -0.05) is 0 Å². The molecule has 0 aliphatic carbocycles. The van der Waals surface area contributed by atoms with Crippen LogP contribution in [0.2, 0.25) is 0 Å². The van der Waals surface area contributed by atoms with E-state index in [1.165, 1.54) is 12.1 Å². The van der Waals surface area contributed by atoms with Crippen LogP contribution in [0.1, 0.15) is 11.3 Å². The molecule has 0 aliphatic heterocycles. The lowest BCUT2D eigenvalue weighted by molar-refractivity contribution is 0.585. The number of nitrogens with one attached hydrogen (secondary N) is 2. The van der Waals surface area contributed by atoms with Crippen LogP contribution in [-0.4, -0.2) is 21.7 Å². The first-order valence-electron chi connectivity index (χ1n) is 6.79. The molecule has 22 heavy (non-hydrogen) atoms. The number of H-pyrrole nitrogens is 1. The lowest BCUT2D eigenvalue weighted by Crippen LogP contribution is -2.17. The van der Waals surface area contributed by atoms with E-state index in [1.54, 1.807) is 23.0 Å². The molecule has 0 amide bonds. The van der Waals surface area contributed by atoms with Crippen LogP contribution in [0.15, 0.2) is 35.3 Å². The van der Waals surface area contributed by atoms with E-state index in [9.17, 15) is 8.78 Å². The molecule has 4 nitrogen and oxygen atoms in total. The van der Waals surface area contributed by atoms with Crippen molar-refractivity contribution >= 4 is 11.3 Å². The number of aromatic nitrogens is 3. The topological polar surface area (TPSA) is 53.6 Å². The second-order valence-corrected chi connectivity index (χ2v) is 5.52. The van der Waals surface area contributed by atoms with Gasteiger partial charge in [-0.3, -0.25) is 5.10 Å². The minimum Gasteiger partial charge on any atom is -0.312 e. The molecule has 0 atom stereocenters.